The highest BCUT2D eigenvalue weighted by atomic mass is 79.9. The Morgan fingerprint density at radius 1 is 1.20 bits per heavy atom. The molecular weight excluding hydrogens is 320 g/mol. The van der Waals surface area contributed by atoms with E-state index >= 15 is 0 Å². The topological polar surface area (TPSA) is 58.2 Å². The van der Waals surface area contributed by atoms with Gasteiger partial charge in [0.25, 0.3) is 0 Å². The van der Waals surface area contributed by atoms with Crippen molar-refractivity contribution in [3.63, 3.8) is 0 Å². The number of hydrogen-bond acceptors (Lipinski definition) is 2. The molecule has 0 radical (unpaired) electrons. The minimum Gasteiger partial charge on any atom is -0.356 e. The van der Waals surface area contributed by atoms with Gasteiger partial charge in [0.05, 0.1) is 0 Å². The maximum atomic E-state index is 11.7. The molecule has 20 heavy (non-hydrogen) atoms. The van der Waals surface area contributed by atoms with Gasteiger partial charge in [-0.2, -0.15) is 0 Å². The van der Waals surface area contributed by atoms with Crippen LogP contribution in [0.3, 0.4) is 0 Å². The number of halogens is 1. The van der Waals surface area contributed by atoms with E-state index in [4.69, 9.17) is 0 Å². The van der Waals surface area contributed by atoms with E-state index in [1.54, 1.807) is 0 Å². The number of carbonyl (C=O) groups is 2. The number of benzene rings is 1. The lowest BCUT2D eigenvalue weighted by atomic mass is 10.1. The van der Waals surface area contributed by atoms with Crippen LogP contribution >= 0.6 is 15.9 Å². The first kappa shape index (κ1) is 16.7. The Kier molecular flexibility index (Phi) is 7.30. The molecule has 2 N–H and O–H groups in total. The summed E-state index contributed by atoms with van der Waals surface area (Å²) in [5.41, 5.74) is 1.16. The lowest BCUT2D eigenvalue weighted by Gasteiger charge is -2.15. The summed E-state index contributed by atoms with van der Waals surface area (Å²) in [6.45, 7) is 4.42. The van der Waals surface area contributed by atoms with Crippen molar-refractivity contribution in [2.75, 3.05) is 6.54 Å². The van der Waals surface area contributed by atoms with Crippen LogP contribution in [0.1, 0.15) is 32.3 Å². The molecule has 2 amide bonds. The second kappa shape index (κ2) is 8.74. The lowest BCUT2D eigenvalue weighted by molar-refractivity contribution is -0.126. The van der Waals surface area contributed by atoms with Crippen LogP contribution in [0.2, 0.25) is 0 Å². The van der Waals surface area contributed by atoms with Gasteiger partial charge in [-0.3, -0.25) is 9.59 Å². The van der Waals surface area contributed by atoms with Gasteiger partial charge in [-0.05, 0) is 31.9 Å². The summed E-state index contributed by atoms with van der Waals surface area (Å²) in [6.07, 6.45) is 1.22. The van der Waals surface area contributed by atoms with E-state index in [2.05, 4.69) is 26.6 Å². The van der Waals surface area contributed by atoms with Crippen molar-refractivity contribution in [1.29, 1.82) is 0 Å². The van der Waals surface area contributed by atoms with Crippen LogP contribution in [0.4, 0.5) is 0 Å². The molecule has 0 bridgehead atoms. The molecule has 0 unspecified atom stereocenters. The van der Waals surface area contributed by atoms with Crippen LogP contribution in [0.15, 0.2) is 28.7 Å². The van der Waals surface area contributed by atoms with Gasteiger partial charge in [0.1, 0.15) is 0 Å². The van der Waals surface area contributed by atoms with E-state index < -0.39 is 0 Å². The van der Waals surface area contributed by atoms with E-state index in [1.807, 2.05) is 38.1 Å². The number of hydrogen-bond donors (Lipinski definition) is 2. The predicted molar refractivity (Wildman–Crippen MR) is 83.4 cm³/mol. The molecule has 0 aliphatic heterocycles. The van der Waals surface area contributed by atoms with Crippen LogP contribution in [0, 0.1) is 0 Å². The maximum Gasteiger partial charge on any atom is 0.220 e. The van der Waals surface area contributed by atoms with Crippen molar-refractivity contribution >= 4 is 27.7 Å². The van der Waals surface area contributed by atoms with E-state index in [1.165, 1.54) is 0 Å². The standard InChI is InChI=1S/C15H21BrN2O2/c1-3-17-14(19)8-9-15(20)18-11(2)10-12-6-4-5-7-13(12)16/h4-7,11H,3,8-10H2,1-2H3,(H,17,19)(H,18,20)/t11-/m0/s1. The van der Waals surface area contributed by atoms with Gasteiger partial charge in [0, 0.05) is 29.9 Å². The Morgan fingerprint density at radius 2 is 1.85 bits per heavy atom. The molecule has 0 aliphatic rings. The van der Waals surface area contributed by atoms with Gasteiger partial charge in [-0.15, -0.1) is 0 Å². The zero-order valence-corrected chi connectivity index (χ0v) is 13.5. The maximum absolute atomic E-state index is 11.7. The highest BCUT2D eigenvalue weighted by molar-refractivity contribution is 9.10. The van der Waals surface area contributed by atoms with Crippen molar-refractivity contribution in [3.8, 4) is 0 Å². The Morgan fingerprint density at radius 3 is 2.50 bits per heavy atom. The van der Waals surface area contributed by atoms with Gasteiger partial charge in [-0.1, -0.05) is 34.1 Å². The van der Waals surface area contributed by atoms with Crippen molar-refractivity contribution < 1.29 is 9.59 Å². The molecule has 0 spiro atoms. The van der Waals surface area contributed by atoms with E-state index in [0.717, 1.165) is 16.5 Å². The third kappa shape index (κ3) is 6.19. The third-order valence-corrected chi connectivity index (χ3v) is 3.62. The first-order chi connectivity index (χ1) is 9.52. The lowest BCUT2D eigenvalue weighted by Crippen LogP contribution is -2.35. The average molecular weight is 341 g/mol. The van der Waals surface area contributed by atoms with Crippen molar-refractivity contribution in [3.05, 3.63) is 34.3 Å². The predicted octanol–water partition coefficient (Wildman–Crippen LogP) is 2.41. The van der Waals surface area contributed by atoms with Gasteiger partial charge in [0.2, 0.25) is 11.8 Å². The second-order valence-corrected chi connectivity index (χ2v) is 5.57. The summed E-state index contributed by atoms with van der Waals surface area (Å²) in [6, 6.07) is 7.99. The van der Waals surface area contributed by atoms with E-state index in [9.17, 15) is 9.59 Å². The zero-order valence-electron chi connectivity index (χ0n) is 11.9. The molecule has 4 nitrogen and oxygen atoms in total. The SMILES string of the molecule is CCNC(=O)CCC(=O)N[C@@H](C)Cc1ccccc1Br. The first-order valence-corrected chi connectivity index (χ1v) is 7.61. The van der Waals surface area contributed by atoms with Crippen LogP contribution in [0.25, 0.3) is 0 Å². The third-order valence-electron chi connectivity index (χ3n) is 2.84. The Bertz CT molecular complexity index is 463. The van der Waals surface area contributed by atoms with Gasteiger partial charge >= 0.3 is 0 Å². The molecule has 0 fully saturated rings. The van der Waals surface area contributed by atoms with Crippen molar-refractivity contribution in [2.45, 2.75) is 39.2 Å². The fourth-order valence-electron chi connectivity index (χ4n) is 1.90. The molecule has 0 aliphatic carbocycles. The fourth-order valence-corrected chi connectivity index (χ4v) is 2.35. The smallest absolute Gasteiger partial charge is 0.220 e. The van der Waals surface area contributed by atoms with Crippen molar-refractivity contribution in [1.82, 2.24) is 10.6 Å². The molecule has 1 aromatic rings. The van der Waals surface area contributed by atoms with Gasteiger partial charge in [-0.25, -0.2) is 0 Å². The average Bonchev–Trinajstić information content (AvgIpc) is 2.39. The largest absolute Gasteiger partial charge is 0.356 e. The first-order valence-electron chi connectivity index (χ1n) is 6.82. The fraction of sp³-hybridized carbons (Fsp3) is 0.467. The van der Waals surface area contributed by atoms with Crippen LogP contribution < -0.4 is 10.6 Å². The molecular formula is C15H21BrN2O2. The second-order valence-electron chi connectivity index (χ2n) is 4.72. The quantitative estimate of drug-likeness (QED) is 0.800. The summed E-state index contributed by atoms with van der Waals surface area (Å²) < 4.78 is 1.04. The molecule has 0 heterocycles. The minimum absolute atomic E-state index is 0.0374. The summed E-state index contributed by atoms with van der Waals surface area (Å²) >= 11 is 3.49. The molecule has 0 aromatic heterocycles. The summed E-state index contributed by atoms with van der Waals surface area (Å²) in [5, 5.41) is 5.59. The number of nitrogens with one attached hydrogen (secondary N) is 2. The van der Waals surface area contributed by atoms with E-state index in [0.29, 0.717) is 6.54 Å². The highest BCUT2D eigenvalue weighted by Gasteiger charge is 2.11. The zero-order chi connectivity index (χ0) is 15.0. The van der Waals surface area contributed by atoms with Crippen LogP contribution in [-0.4, -0.2) is 24.4 Å². The Balaban J connectivity index is 2.35. The molecule has 110 valence electrons. The molecule has 1 rings (SSSR count). The number of amides is 2. The Labute approximate surface area is 128 Å². The van der Waals surface area contributed by atoms with Crippen LogP contribution in [-0.2, 0) is 16.0 Å². The molecule has 1 atom stereocenters. The summed E-state index contributed by atoms with van der Waals surface area (Å²) in [7, 11) is 0. The molecule has 0 saturated heterocycles. The van der Waals surface area contributed by atoms with Crippen LogP contribution in [0.5, 0.6) is 0 Å². The van der Waals surface area contributed by atoms with Gasteiger partial charge < -0.3 is 10.6 Å². The van der Waals surface area contributed by atoms with Crippen molar-refractivity contribution in [2.24, 2.45) is 0 Å². The minimum atomic E-state index is -0.0872. The monoisotopic (exact) mass is 340 g/mol. The molecule has 5 heteroatoms. The van der Waals surface area contributed by atoms with Gasteiger partial charge in [0.15, 0.2) is 0 Å². The summed E-state index contributed by atoms with van der Waals surface area (Å²) in [5.74, 6) is -0.170. The van der Waals surface area contributed by atoms with E-state index in [-0.39, 0.29) is 30.7 Å². The normalized spacial score (nSPS) is 11.8. The molecule has 1 aromatic carbocycles. The number of rotatable bonds is 7. The summed E-state index contributed by atoms with van der Waals surface area (Å²) in [4.78, 5) is 23.0. The Hall–Kier alpha value is -1.36. The highest BCUT2D eigenvalue weighted by Crippen LogP contribution is 2.17. The molecule has 0 saturated carbocycles. The number of carbonyl (C=O) groups excluding carboxylic acids is 2.